The summed E-state index contributed by atoms with van der Waals surface area (Å²) in [7, 11) is 0.366. The topological polar surface area (TPSA) is 20.2 Å². The lowest BCUT2D eigenvalue weighted by Crippen LogP contribution is -3.00. The molecule has 0 heterocycles. The number of halogens is 3. The molecule has 0 amide bonds. The molecule has 0 aromatic carbocycles. The number of aliphatic hydroxyl groups excluding tert-OH is 1. The number of aliphatic hydroxyl groups is 1. The molecular formula is C7H15ClI2OS. The van der Waals surface area contributed by atoms with Crippen LogP contribution in [0.15, 0.2) is 0 Å². The van der Waals surface area contributed by atoms with Crippen molar-refractivity contribution in [2.45, 2.75) is 0 Å². The third-order valence-electron chi connectivity index (χ3n) is 1.50. The van der Waals surface area contributed by atoms with E-state index in [0.29, 0.717) is 16.8 Å². The van der Waals surface area contributed by atoms with Crippen LogP contribution in [-0.4, -0.2) is 40.3 Å². The molecule has 0 radical (unpaired) electrons. The van der Waals surface area contributed by atoms with Gasteiger partial charge in [0, 0.05) is 10.3 Å². The van der Waals surface area contributed by atoms with E-state index in [4.69, 9.17) is 16.7 Å². The van der Waals surface area contributed by atoms with E-state index in [1.54, 1.807) is 0 Å². The van der Waals surface area contributed by atoms with Gasteiger partial charge in [0.1, 0.15) is 5.75 Å². The van der Waals surface area contributed by atoms with Crippen molar-refractivity contribution in [1.82, 2.24) is 0 Å². The van der Waals surface area contributed by atoms with Gasteiger partial charge < -0.3 is 29.1 Å². The first-order valence-corrected chi connectivity index (χ1v) is 7.64. The van der Waals surface area contributed by atoms with Crippen LogP contribution < -0.4 is 24.0 Å². The zero-order chi connectivity index (χ0) is 8.91. The average Bonchev–Trinajstić information content (AvgIpc) is 2.00. The van der Waals surface area contributed by atoms with Crippen molar-refractivity contribution < 1.29 is 29.1 Å². The minimum Gasteiger partial charge on any atom is -1.00 e. The highest BCUT2D eigenvalue weighted by Crippen LogP contribution is 2.23. The summed E-state index contributed by atoms with van der Waals surface area (Å²) in [6.45, 7) is 0.213. The number of hydrogen-bond donors (Lipinski definition) is 1. The number of hydrogen-bond acceptors (Lipinski definition) is 1. The molecular weight excluding hydrogens is 421 g/mol. The van der Waals surface area contributed by atoms with Gasteiger partial charge in [0.2, 0.25) is 0 Å². The third-order valence-corrected chi connectivity index (χ3v) is 4.87. The molecule has 0 saturated heterocycles. The van der Waals surface area contributed by atoms with Crippen LogP contribution in [-0.2, 0) is 10.9 Å². The molecule has 0 aliphatic carbocycles. The van der Waals surface area contributed by atoms with Crippen molar-refractivity contribution in [2.24, 2.45) is 5.41 Å². The Hall–Kier alpha value is 2.06. The molecule has 76 valence electrons. The van der Waals surface area contributed by atoms with Crippen molar-refractivity contribution in [1.29, 1.82) is 0 Å². The second-order valence-electron chi connectivity index (χ2n) is 3.06. The molecule has 1 N–H and O–H groups in total. The summed E-state index contributed by atoms with van der Waals surface area (Å²) in [5, 5.41) is 9.14. The fourth-order valence-corrected chi connectivity index (χ4v) is 4.23. The van der Waals surface area contributed by atoms with Crippen molar-refractivity contribution in [2.75, 3.05) is 35.2 Å². The lowest BCUT2D eigenvalue weighted by Gasteiger charge is -2.24. The zero-order valence-electron chi connectivity index (χ0n) is 7.32. The minimum atomic E-state index is -0.0330. The molecule has 0 spiro atoms. The Balaban J connectivity index is 0. The summed E-state index contributed by atoms with van der Waals surface area (Å²) in [5.41, 5.74) is -0.0330. The van der Waals surface area contributed by atoms with Gasteiger partial charge in [0.15, 0.2) is 0 Å². The van der Waals surface area contributed by atoms with Crippen LogP contribution in [0.3, 0.4) is 0 Å². The van der Waals surface area contributed by atoms with Gasteiger partial charge in [-0.1, -0.05) is 22.6 Å². The molecule has 0 fully saturated rings. The Morgan fingerprint density at radius 2 is 2.00 bits per heavy atom. The summed E-state index contributed by atoms with van der Waals surface area (Å²) in [6.07, 6.45) is 4.37. The molecule has 12 heavy (non-hydrogen) atoms. The highest BCUT2D eigenvalue weighted by atomic mass is 127. The Labute approximate surface area is 114 Å². The molecule has 0 aromatic heterocycles. The SMILES string of the molecule is C[S+](C)CC(CO)(CCl)CI.[I-]. The van der Waals surface area contributed by atoms with Crippen molar-refractivity contribution >= 4 is 45.1 Å². The third kappa shape index (κ3) is 5.72. The Morgan fingerprint density at radius 1 is 1.50 bits per heavy atom. The summed E-state index contributed by atoms with van der Waals surface area (Å²) < 4.78 is 0.940. The highest BCUT2D eigenvalue weighted by Gasteiger charge is 2.32. The zero-order valence-corrected chi connectivity index (χ0v) is 13.2. The first-order chi connectivity index (χ1) is 5.10. The fourth-order valence-electron chi connectivity index (χ4n) is 0.855. The van der Waals surface area contributed by atoms with E-state index in [1.165, 1.54) is 0 Å². The summed E-state index contributed by atoms with van der Waals surface area (Å²) in [5.74, 6) is 1.60. The fraction of sp³-hybridized carbons (Fsp3) is 1.00. The monoisotopic (exact) mass is 436 g/mol. The average molecular weight is 437 g/mol. The molecule has 0 aliphatic heterocycles. The van der Waals surface area contributed by atoms with Crippen LogP contribution >= 0.6 is 34.2 Å². The van der Waals surface area contributed by atoms with E-state index in [-0.39, 0.29) is 36.0 Å². The normalized spacial score (nSPS) is 15.5. The predicted molar refractivity (Wildman–Crippen MR) is 63.2 cm³/mol. The molecule has 0 aromatic rings. The summed E-state index contributed by atoms with van der Waals surface area (Å²) >= 11 is 8.10. The van der Waals surface area contributed by atoms with Crippen LogP contribution in [0.4, 0.5) is 0 Å². The minimum absolute atomic E-state index is 0. The predicted octanol–water partition coefficient (Wildman–Crippen LogP) is -1.48. The van der Waals surface area contributed by atoms with Gasteiger partial charge >= 0.3 is 0 Å². The molecule has 0 bridgehead atoms. The van der Waals surface area contributed by atoms with Crippen LogP contribution in [0.25, 0.3) is 0 Å². The van der Waals surface area contributed by atoms with E-state index in [1.807, 2.05) is 0 Å². The molecule has 0 saturated carbocycles. The molecule has 0 rings (SSSR count). The van der Waals surface area contributed by atoms with Gasteiger partial charge in [-0.2, -0.15) is 0 Å². The molecule has 1 atom stereocenters. The van der Waals surface area contributed by atoms with Crippen LogP contribution in [0.1, 0.15) is 0 Å². The van der Waals surface area contributed by atoms with Crippen molar-refractivity contribution in [3.05, 3.63) is 0 Å². The molecule has 1 unspecified atom stereocenters. The summed E-state index contributed by atoms with van der Waals surface area (Å²) in [6, 6.07) is 0. The molecule has 0 aliphatic rings. The van der Waals surface area contributed by atoms with Gasteiger partial charge in [-0.15, -0.1) is 11.6 Å². The number of rotatable bonds is 5. The maximum absolute atomic E-state index is 9.14. The highest BCUT2D eigenvalue weighted by molar-refractivity contribution is 14.1. The second-order valence-corrected chi connectivity index (χ2v) is 6.35. The standard InChI is InChI=1S/C7H15ClIOS.HI/c1-11(2)6-7(3-8,4-9)5-10;/h10H,3-6H2,1-2H3;1H/q+1;/p-1. The number of alkyl halides is 2. The Bertz CT molecular complexity index is 101. The van der Waals surface area contributed by atoms with Crippen molar-refractivity contribution in [3.8, 4) is 0 Å². The van der Waals surface area contributed by atoms with E-state index < -0.39 is 0 Å². The maximum atomic E-state index is 9.14. The largest absolute Gasteiger partial charge is 1.00 e. The second kappa shape index (κ2) is 8.38. The van der Waals surface area contributed by atoms with Gasteiger partial charge in [-0.05, 0) is 10.9 Å². The Morgan fingerprint density at radius 3 is 2.08 bits per heavy atom. The van der Waals surface area contributed by atoms with Gasteiger partial charge in [-0.3, -0.25) is 0 Å². The van der Waals surface area contributed by atoms with Crippen LogP contribution in [0, 0.1) is 5.41 Å². The van der Waals surface area contributed by atoms with Crippen LogP contribution in [0.2, 0.25) is 0 Å². The molecule has 5 heteroatoms. The lowest BCUT2D eigenvalue weighted by molar-refractivity contribution is -0.00000317. The van der Waals surface area contributed by atoms with E-state index in [9.17, 15) is 0 Å². The van der Waals surface area contributed by atoms with E-state index in [0.717, 1.165) is 10.2 Å². The first kappa shape index (κ1) is 16.5. The quantitative estimate of drug-likeness (QED) is 0.317. The van der Waals surface area contributed by atoms with E-state index in [2.05, 4.69) is 35.1 Å². The van der Waals surface area contributed by atoms with E-state index >= 15 is 0 Å². The van der Waals surface area contributed by atoms with Crippen LogP contribution in [0.5, 0.6) is 0 Å². The Kier molecular flexibility index (Phi) is 11.5. The molecule has 1 nitrogen and oxygen atoms in total. The lowest BCUT2D eigenvalue weighted by atomic mass is 9.98. The maximum Gasteiger partial charge on any atom is 0.117 e. The van der Waals surface area contributed by atoms with Crippen molar-refractivity contribution in [3.63, 3.8) is 0 Å². The van der Waals surface area contributed by atoms with Gasteiger partial charge in [0.25, 0.3) is 0 Å². The van der Waals surface area contributed by atoms with Gasteiger partial charge in [0.05, 0.1) is 24.5 Å². The smallest absolute Gasteiger partial charge is 0.117 e. The first-order valence-electron chi connectivity index (χ1n) is 3.37. The summed E-state index contributed by atoms with van der Waals surface area (Å²) in [4.78, 5) is 0. The van der Waals surface area contributed by atoms with Gasteiger partial charge in [-0.25, -0.2) is 0 Å².